The number of methoxy groups -OCH3 is 1. The average Bonchev–Trinajstić information content (AvgIpc) is 3.03. The number of aldehydes is 1. The van der Waals surface area contributed by atoms with Crippen LogP contribution < -0.4 is 4.90 Å². The van der Waals surface area contributed by atoms with Gasteiger partial charge in [-0.15, -0.1) is 0 Å². The van der Waals surface area contributed by atoms with Gasteiger partial charge in [0.1, 0.15) is 12.0 Å². The number of nitrogens with zero attached hydrogens (tertiary/aromatic N) is 4. The zero-order chi connectivity index (χ0) is 28.2. The van der Waals surface area contributed by atoms with Crippen molar-refractivity contribution in [3.63, 3.8) is 0 Å². The van der Waals surface area contributed by atoms with Crippen molar-refractivity contribution in [2.45, 2.75) is 38.4 Å². The number of likely N-dealkylation sites (N-methyl/N-ethyl adjacent to an activating group) is 1. The first-order valence-electron chi connectivity index (χ1n) is 12.3. The number of nitro groups is 1. The van der Waals surface area contributed by atoms with E-state index in [4.69, 9.17) is 0 Å². The van der Waals surface area contributed by atoms with Crippen molar-refractivity contribution in [3.8, 4) is 5.75 Å². The molecule has 0 aliphatic carbocycles. The minimum Gasteiger partial charge on any atom is -0.507 e. The molecule has 1 unspecified atom stereocenters. The quantitative estimate of drug-likeness (QED) is 0.204. The van der Waals surface area contributed by atoms with Crippen molar-refractivity contribution < 1.29 is 24.4 Å². The molecule has 0 saturated heterocycles. The molecule has 1 aliphatic rings. The second kappa shape index (κ2) is 11.7. The van der Waals surface area contributed by atoms with Crippen molar-refractivity contribution in [1.82, 2.24) is 9.80 Å². The Balaban J connectivity index is 1.96. The number of non-ortho nitro benzene ring substituents is 1. The number of anilines is 1. The molecule has 0 radical (unpaired) electrons. The van der Waals surface area contributed by atoms with Gasteiger partial charge in [0.25, 0.3) is 5.69 Å². The van der Waals surface area contributed by atoms with Gasteiger partial charge in [-0.05, 0) is 31.3 Å². The Bertz CT molecular complexity index is 1240. The lowest BCUT2D eigenvalue weighted by molar-refractivity contribution is -0.385. The number of hydrogen-bond acceptors (Lipinski definition) is 9. The SMILES string of the molecule is COC(=O)CN(CC=O)Cc1cc([N+](=O)[O-])cc(/C=C/C2N(C)c3cc(CN(C)C)ccc3C2(C)C)c1O. The van der Waals surface area contributed by atoms with Crippen LogP contribution in [-0.2, 0) is 32.8 Å². The predicted molar refractivity (Wildman–Crippen MR) is 146 cm³/mol. The van der Waals surface area contributed by atoms with Gasteiger partial charge in [0.2, 0.25) is 0 Å². The van der Waals surface area contributed by atoms with Gasteiger partial charge in [-0.1, -0.05) is 38.1 Å². The summed E-state index contributed by atoms with van der Waals surface area (Å²) in [6.45, 7) is 4.79. The van der Waals surface area contributed by atoms with Crippen LogP contribution in [0.1, 0.15) is 36.1 Å². The van der Waals surface area contributed by atoms with E-state index >= 15 is 0 Å². The summed E-state index contributed by atoms with van der Waals surface area (Å²) in [6.07, 6.45) is 4.27. The predicted octanol–water partition coefficient (Wildman–Crippen LogP) is 3.35. The topological polar surface area (TPSA) is 116 Å². The van der Waals surface area contributed by atoms with Gasteiger partial charge in [0.15, 0.2) is 0 Å². The van der Waals surface area contributed by atoms with Gasteiger partial charge < -0.3 is 24.4 Å². The highest BCUT2D eigenvalue weighted by Crippen LogP contribution is 2.45. The number of phenols is 1. The maximum absolute atomic E-state index is 11.8. The molecule has 0 aromatic heterocycles. The molecule has 0 bridgehead atoms. The summed E-state index contributed by atoms with van der Waals surface area (Å²) in [5.74, 6) is -0.700. The van der Waals surface area contributed by atoms with E-state index in [1.807, 2.05) is 27.2 Å². The third kappa shape index (κ3) is 6.20. The number of carbonyl (C=O) groups excluding carboxylic acids is 2. The standard InChI is InChI=1S/C28H36N4O6/c1-28(2)23-9-7-19(16-29(3)4)13-24(23)30(5)25(28)10-8-20-14-22(32(36)37)15-21(27(20)35)17-31(11-12-33)18-26(34)38-6/h7-10,12-15,25,35H,11,16-18H2,1-6H3/b10-8+. The minimum atomic E-state index is -0.559. The third-order valence-electron chi connectivity index (χ3n) is 6.97. The third-order valence-corrected chi connectivity index (χ3v) is 6.97. The molecule has 3 rings (SSSR count). The first-order valence-corrected chi connectivity index (χ1v) is 12.3. The molecule has 204 valence electrons. The van der Waals surface area contributed by atoms with Crippen molar-refractivity contribution in [3.05, 3.63) is 68.8 Å². The van der Waals surface area contributed by atoms with Crippen molar-refractivity contribution in [2.75, 3.05) is 46.2 Å². The summed E-state index contributed by atoms with van der Waals surface area (Å²) in [6, 6.07) is 9.00. The fraction of sp³-hybridized carbons (Fsp3) is 0.429. The number of ether oxygens (including phenoxy) is 1. The molecule has 0 spiro atoms. The molecular weight excluding hydrogens is 488 g/mol. The molecule has 1 atom stereocenters. The Labute approximate surface area is 223 Å². The van der Waals surface area contributed by atoms with Crippen LogP contribution in [0.5, 0.6) is 5.75 Å². The number of carbonyl (C=O) groups is 2. The van der Waals surface area contributed by atoms with E-state index in [-0.39, 0.29) is 53.7 Å². The van der Waals surface area contributed by atoms with Crippen LogP contribution in [0.2, 0.25) is 0 Å². The van der Waals surface area contributed by atoms with E-state index in [9.17, 15) is 24.8 Å². The van der Waals surface area contributed by atoms with E-state index in [0.29, 0.717) is 6.29 Å². The fourth-order valence-electron chi connectivity index (χ4n) is 5.07. The molecular formula is C28H36N4O6. The van der Waals surface area contributed by atoms with Crippen LogP contribution in [-0.4, -0.2) is 79.5 Å². The largest absolute Gasteiger partial charge is 0.507 e. The van der Waals surface area contributed by atoms with Crippen LogP contribution in [0.4, 0.5) is 11.4 Å². The smallest absolute Gasteiger partial charge is 0.319 e. The van der Waals surface area contributed by atoms with Gasteiger partial charge in [0, 0.05) is 54.5 Å². The lowest BCUT2D eigenvalue weighted by atomic mass is 9.80. The number of fused-ring (bicyclic) bond motifs is 1. The van der Waals surface area contributed by atoms with Crippen LogP contribution >= 0.6 is 0 Å². The van der Waals surface area contributed by atoms with Gasteiger partial charge in [-0.2, -0.15) is 0 Å². The van der Waals surface area contributed by atoms with Crippen molar-refractivity contribution in [2.24, 2.45) is 0 Å². The molecule has 1 N–H and O–H groups in total. The van der Waals surface area contributed by atoms with Crippen LogP contribution in [0.3, 0.4) is 0 Å². The monoisotopic (exact) mass is 524 g/mol. The van der Waals surface area contributed by atoms with E-state index in [2.05, 4.69) is 46.6 Å². The molecule has 0 amide bonds. The molecule has 38 heavy (non-hydrogen) atoms. The zero-order valence-electron chi connectivity index (χ0n) is 22.8. The molecule has 1 aliphatic heterocycles. The van der Waals surface area contributed by atoms with Gasteiger partial charge in [0.05, 0.1) is 31.2 Å². The number of hydrogen-bond donors (Lipinski definition) is 1. The summed E-state index contributed by atoms with van der Waals surface area (Å²) >= 11 is 0. The highest BCUT2D eigenvalue weighted by molar-refractivity contribution is 5.72. The first kappa shape index (κ1) is 28.8. The highest BCUT2D eigenvalue weighted by atomic mass is 16.6. The number of phenolic OH excluding ortho intramolecular Hbond substituents is 1. The number of nitro benzene ring substituents is 1. The zero-order valence-corrected chi connectivity index (χ0v) is 22.8. The second-order valence-electron chi connectivity index (χ2n) is 10.4. The van der Waals surface area contributed by atoms with E-state index in [1.54, 1.807) is 6.08 Å². The van der Waals surface area contributed by atoms with Crippen LogP contribution in [0.15, 0.2) is 36.4 Å². The Kier molecular flexibility index (Phi) is 8.90. The molecule has 2 aromatic carbocycles. The number of rotatable bonds is 11. The fourth-order valence-corrected chi connectivity index (χ4v) is 5.07. The van der Waals surface area contributed by atoms with Gasteiger partial charge in [-0.3, -0.25) is 19.8 Å². The molecule has 0 fully saturated rings. The summed E-state index contributed by atoms with van der Waals surface area (Å²) in [5.41, 5.74) is 3.60. The van der Waals surface area contributed by atoms with Crippen LogP contribution in [0, 0.1) is 10.1 Å². The Morgan fingerprint density at radius 1 is 1.24 bits per heavy atom. The van der Waals surface area contributed by atoms with Gasteiger partial charge in [-0.25, -0.2) is 0 Å². The summed E-state index contributed by atoms with van der Waals surface area (Å²) in [4.78, 5) is 39.8. The van der Waals surface area contributed by atoms with E-state index in [0.717, 1.165) is 12.2 Å². The number of aromatic hydroxyl groups is 1. The van der Waals surface area contributed by atoms with Crippen LogP contribution in [0.25, 0.3) is 6.08 Å². The first-order chi connectivity index (χ1) is 17.9. The number of esters is 1. The molecule has 10 nitrogen and oxygen atoms in total. The van der Waals surface area contributed by atoms with E-state index in [1.165, 1.54) is 35.3 Å². The maximum atomic E-state index is 11.8. The Hall–Kier alpha value is -3.76. The molecule has 1 heterocycles. The highest BCUT2D eigenvalue weighted by Gasteiger charge is 2.41. The van der Waals surface area contributed by atoms with E-state index < -0.39 is 10.9 Å². The normalized spacial score (nSPS) is 16.3. The minimum absolute atomic E-state index is 0.0445. The Morgan fingerprint density at radius 2 is 1.95 bits per heavy atom. The van der Waals surface area contributed by atoms with Crippen molar-refractivity contribution >= 4 is 29.7 Å². The lowest BCUT2D eigenvalue weighted by Crippen LogP contribution is -2.37. The summed E-state index contributed by atoms with van der Waals surface area (Å²) < 4.78 is 4.67. The number of benzene rings is 2. The molecule has 10 heteroatoms. The molecule has 0 saturated carbocycles. The maximum Gasteiger partial charge on any atom is 0.319 e. The average molecular weight is 525 g/mol. The second-order valence-corrected chi connectivity index (χ2v) is 10.4. The Morgan fingerprint density at radius 3 is 2.55 bits per heavy atom. The van der Waals surface area contributed by atoms with Crippen molar-refractivity contribution in [1.29, 1.82) is 0 Å². The molecule has 2 aromatic rings. The van der Waals surface area contributed by atoms with Gasteiger partial charge >= 0.3 is 5.97 Å². The summed E-state index contributed by atoms with van der Waals surface area (Å²) in [7, 11) is 7.31. The summed E-state index contributed by atoms with van der Waals surface area (Å²) in [5, 5.41) is 22.7. The lowest BCUT2D eigenvalue weighted by Gasteiger charge is -2.29.